The summed E-state index contributed by atoms with van der Waals surface area (Å²) in [6.45, 7) is 2.40. The van der Waals surface area contributed by atoms with Gasteiger partial charge in [-0.05, 0) is 12.8 Å². The van der Waals surface area contributed by atoms with Crippen LogP contribution in [0.5, 0.6) is 0 Å². The molecule has 0 aromatic carbocycles. The highest BCUT2D eigenvalue weighted by Crippen LogP contribution is 2.30. The van der Waals surface area contributed by atoms with E-state index in [-0.39, 0.29) is 16.8 Å². The van der Waals surface area contributed by atoms with Gasteiger partial charge in [0.1, 0.15) is 0 Å². The van der Waals surface area contributed by atoms with Crippen LogP contribution in [0.15, 0.2) is 0 Å². The third kappa shape index (κ3) is 2.62. The predicted octanol–water partition coefficient (Wildman–Crippen LogP) is 0.0866. The molecule has 0 spiro atoms. The van der Waals surface area contributed by atoms with Crippen LogP contribution in [-0.4, -0.2) is 36.1 Å². The first kappa shape index (κ1) is 10.9. The van der Waals surface area contributed by atoms with Crippen molar-refractivity contribution in [2.75, 3.05) is 13.1 Å². The van der Waals surface area contributed by atoms with Gasteiger partial charge in [-0.2, -0.15) is 4.31 Å². The molecule has 0 aromatic heterocycles. The standard InChI is InChI=1S/C7H14N2O2S2/c1-2-9(5-7(8)12)13(10,11)6-3-4-6/h6H,2-5H2,1H3,(H2,8,12). The molecule has 0 amide bonds. The average Bonchev–Trinajstić information content (AvgIpc) is 2.81. The molecule has 1 fully saturated rings. The Morgan fingerprint density at radius 1 is 1.62 bits per heavy atom. The van der Waals surface area contributed by atoms with Crippen LogP contribution in [-0.2, 0) is 10.0 Å². The summed E-state index contributed by atoms with van der Waals surface area (Å²) in [4.78, 5) is 0.228. The summed E-state index contributed by atoms with van der Waals surface area (Å²) >= 11 is 4.69. The fraction of sp³-hybridized carbons (Fsp3) is 0.857. The Balaban J connectivity index is 2.69. The molecule has 0 heterocycles. The summed E-state index contributed by atoms with van der Waals surface area (Å²) < 4.78 is 24.7. The maximum atomic E-state index is 11.7. The highest BCUT2D eigenvalue weighted by atomic mass is 32.2. The largest absolute Gasteiger partial charge is 0.392 e. The normalized spacial score (nSPS) is 17.7. The second-order valence-electron chi connectivity index (χ2n) is 3.14. The van der Waals surface area contributed by atoms with Crippen LogP contribution >= 0.6 is 12.2 Å². The first-order chi connectivity index (χ1) is 5.98. The number of thiocarbonyl (C=S) groups is 1. The van der Waals surface area contributed by atoms with Crippen molar-refractivity contribution in [1.29, 1.82) is 0 Å². The summed E-state index contributed by atoms with van der Waals surface area (Å²) in [6.07, 6.45) is 1.55. The fourth-order valence-corrected chi connectivity index (χ4v) is 3.20. The second kappa shape index (κ2) is 3.89. The van der Waals surface area contributed by atoms with E-state index >= 15 is 0 Å². The van der Waals surface area contributed by atoms with Crippen LogP contribution in [0, 0.1) is 0 Å². The number of hydrogen-bond acceptors (Lipinski definition) is 3. The van der Waals surface area contributed by atoms with Crippen molar-refractivity contribution in [3.63, 3.8) is 0 Å². The van der Waals surface area contributed by atoms with Gasteiger partial charge in [0.05, 0.1) is 16.8 Å². The Labute approximate surface area is 84.1 Å². The van der Waals surface area contributed by atoms with Gasteiger partial charge in [0, 0.05) is 6.54 Å². The molecule has 0 saturated heterocycles. The lowest BCUT2D eigenvalue weighted by molar-refractivity contribution is 0.466. The lowest BCUT2D eigenvalue weighted by Crippen LogP contribution is -2.39. The lowest BCUT2D eigenvalue weighted by Gasteiger charge is -2.19. The fourth-order valence-electron chi connectivity index (χ4n) is 1.13. The van der Waals surface area contributed by atoms with E-state index < -0.39 is 10.0 Å². The minimum absolute atomic E-state index is 0.171. The van der Waals surface area contributed by atoms with Crippen molar-refractivity contribution >= 4 is 27.2 Å². The van der Waals surface area contributed by atoms with Crippen LogP contribution < -0.4 is 5.73 Å². The van der Waals surface area contributed by atoms with Crippen molar-refractivity contribution in [2.45, 2.75) is 25.0 Å². The van der Waals surface area contributed by atoms with Gasteiger partial charge in [-0.15, -0.1) is 0 Å². The van der Waals surface area contributed by atoms with Gasteiger partial charge in [0.15, 0.2) is 0 Å². The highest BCUT2D eigenvalue weighted by molar-refractivity contribution is 7.90. The topological polar surface area (TPSA) is 63.4 Å². The van der Waals surface area contributed by atoms with Crippen molar-refractivity contribution < 1.29 is 8.42 Å². The van der Waals surface area contributed by atoms with Crippen LogP contribution in [0.3, 0.4) is 0 Å². The molecule has 2 N–H and O–H groups in total. The Hall–Kier alpha value is -0.200. The Kier molecular flexibility index (Phi) is 3.26. The molecule has 0 unspecified atom stereocenters. The van der Waals surface area contributed by atoms with Crippen molar-refractivity contribution in [3.8, 4) is 0 Å². The summed E-state index contributed by atoms with van der Waals surface area (Å²) in [5.41, 5.74) is 5.31. The Morgan fingerprint density at radius 3 is 2.46 bits per heavy atom. The first-order valence-electron chi connectivity index (χ1n) is 4.25. The van der Waals surface area contributed by atoms with Crippen LogP contribution in [0.1, 0.15) is 19.8 Å². The monoisotopic (exact) mass is 222 g/mol. The first-order valence-corrected chi connectivity index (χ1v) is 6.17. The molecule has 1 saturated carbocycles. The van der Waals surface area contributed by atoms with Gasteiger partial charge in [0.25, 0.3) is 0 Å². The quantitative estimate of drug-likeness (QED) is 0.669. The van der Waals surface area contributed by atoms with Gasteiger partial charge < -0.3 is 5.73 Å². The average molecular weight is 222 g/mol. The van der Waals surface area contributed by atoms with E-state index in [1.807, 2.05) is 0 Å². The lowest BCUT2D eigenvalue weighted by atomic mass is 10.6. The van der Waals surface area contributed by atoms with E-state index in [1.165, 1.54) is 4.31 Å². The van der Waals surface area contributed by atoms with Crippen LogP contribution in [0.4, 0.5) is 0 Å². The summed E-state index contributed by atoms with van der Waals surface area (Å²) in [7, 11) is -3.11. The van der Waals surface area contributed by atoms with Crippen molar-refractivity contribution in [3.05, 3.63) is 0 Å². The maximum Gasteiger partial charge on any atom is 0.217 e. The Bertz CT molecular complexity index is 296. The van der Waals surface area contributed by atoms with Gasteiger partial charge in [0.2, 0.25) is 10.0 Å². The molecule has 0 aliphatic heterocycles. The minimum atomic E-state index is -3.11. The number of rotatable bonds is 5. The highest BCUT2D eigenvalue weighted by Gasteiger charge is 2.39. The van der Waals surface area contributed by atoms with Gasteiger partial charge in [-0.1, -0.05) is 19.1 Å². The summed E-state index contributed by atoms with van der Waals surface area (Å²) in [5, 5.41) is -0.179. The summed E-state index contributed by atoms with van der Waals surface area (Å²) in [6, 6.07) is 0. The molecule has 1 aliphatic rings. The molecule has 6 heteroatoms. The molecule has 4 nitrogen and oxygen atoms in total. The zero-order valence-corrected chi connectivity index (χ0v) is 9.20. The van der Waals surface area contributed by atoms with Gasteiger partial charge in [-0.3, -0.25) is 0 Å². The molecule has 76 valence electrons. The molecular weight excluding hydrogens is 208 g/mol. The zero-order chi connectivity index (χ0) is 10.1. The molecule has 1 rings (SSSR count). The van der Waals surface area contributed by atoms with E-state index in [0.29, 0.717) is 6.54 Å². The smallest absolute Gasteiger partial charge is 0.217 e. The number of nitrogens with two attached hydrogens (primary N) is 1. The van der Waals surface area contributed by atoms with Crippen LogP contribution in [0.2, 0.25) is 0 Å². The van der Waals surface area contributed by atoms with Crippen molar-refractivity contribution in [2.24, 2.45) is 5.73 Å². The molecular formula is C7H14N2O2S2. The van der Waals surface area contributed by atoms with Crippen molar-refractivity contribution in [1.82, 2.24) is 4.31 Å². The van der Waals surface area contributed by atoms with Gasteiger partial charge >= 0.3 is 0 Å². The summed E-state index contributed by atoms with van der Waals surface area (Å²) in [5.74, 6) is 0. The van der Waals surface area contributed by atoms with Crippen LogP contribution in [0.25, 0.3) is 0 Å². The third-order valence-corrected chi connectivity index (χ3v) is 4.54. The SMILES string of the molecule is CCN(CC(N)=S)S(=O)(=O)C1CC1. The number of nitrogens with zero attached hydrogens (tertiary/aromatic N) is 1. The van der Waals surface area contributed by atoms with E-state index in [2.05, 4.69) is 12.2 Å². The molecule has 0 aromatic rings. The Morgan fingerprint density at radius 2 is 2.15 bits per heavy atom. The zero-order valence-electron chi connectivity index (χ0n) is 7.56. The second-order valence-corrected chi connectivity index (χ2v) is 5.87. The number of sulfonamides is 1. The number of likely N-dealkylation sites (N-methyl/N-ethyl adjacent to an activating group) is 1. The van der Waals surface area contributed by atoms with E-state index in [1.54, 1.807) is 6.92 Å². The predicted molar refractivity (Wildman–Crippen MR) is 56.0 cm³/mol. The third-order valence-electron chi connectivity index (χ3n) is 1.99. The maximum absolute atomic E-state index is 11.7. The molecule has 0 bridgehead atoms. The van der Waals surface area contributed by atoms with Gasteiger partial charge in [-0.25, -0.2) is 8.42 Å². The van der Waals surface area contributed by atoms with E-state index in [0.717, 1.165) is 12.8 Å². The minimum Gasteiger partial charge on any atom is -0.392 e. The number of hydrogen-bond donors (Lipinski definition) is 1. The molecule has 0 atom stereocenters. The van der Waals surface area contributed by atoms with E-state index in [9.17, 15) is 8.42 Å². The molecule has 1 aliphatic carbocycles. The molecule has 0 radical (unpaired) electrons. The molecule has 13 heavy (non-hydrogen) atoms. The van der Waals surface area contributed by atoms with E-state index in [4.69, 9.17) is 5.73 Å².